The molecule has 0 heterocycles. The largest absolute Gasteiger partial charge is 0.478 e. The molecule has 0 aromatic rings. The van der Waals surface area contributed by atoms with E-state index >= 15 is 0 Å². The zero-order chi connectivity index (χ0) is 26.6. The molecule has 4 saturated carbocycles. The van der Waals surface area contributed by atoms with Crippen LogP contribution in [0.5, 0.6) is 0 Å². The molecule has 36 heavy (non-hydrogen) atoms. The first-order valence-electron chi connectivity index (χ1n) is 14.1. The SMILES string of the molecule is CC(=O)OC1CC2(C)C(CCC3C4(C)CCC(=O)[C@@H](C)C4CC[C@@]32C)/C1=C(\CCC=C(C)C)C(=O)O. The summed E-state index contributed by atoms with van der Waals surface area (Å²) >= 11 is 0. The lowest BCUT2D eigenvalue weighted by atomic mass is 9.37. The van der Waals surface area contributed by atoms with Crippen molar-refractivity contribution in [2.45, 2.75) is 112 Å². The van der Waals surface area contributed by atoms with Crippen molar-refractivity contribution in [3.05, 3.63) is 22.8 Å². The van der Waals surface area contributed by atoms with Crippen LogP contribution >= 0.6 is 0 Å². The minimum Gasteiger partial charge on any atom is -0.478 e. The third-order valence-corrected chi connectivity index (χ3v) is 11.4. The van der Waals surface area contributed by atoms with Gasteiger partial charge >= 0.3 is 11.9 Å². The standard InChI is InChI=1S/C31H46O5/c1-18(2)9-8-10-21(28(34)35)27-23-11-12-26-29(5)15-14-24(33)19(3)22(29)13-16-30(26,6)31(23,7)17-25(27)36-20(4)32/h9,19,22-23,25-26H,8,10-17H2,1-7H3,(H,34,35)/b27-21-/t19-,22?,23?,25?,26?,29?,30-,31?/m0/s1. The van der Waals surface area contributed by atoms with Gasteiger partial charge in [0.25, 0.3) is 0 Å². The Bertz CT molecular complexity index is 1000. The van der Waals surface area contributed by atoms with Crippen LogP contribution in [0.1, 0.15) is 106 Å². The van der Waals surface area contributed by atoms with Gasteiger partial charge < -0.3 is 9.84 Å². The summed E-state index contributed by atoms with van der Waals surface area (Å²) in [4.78, 5) is 37.4. The first-order chi connectivity index (χ1) is 16.8. The van der Waals surface area contributed by atoms with Crippen LogP contribution in [0.4, 0.5) is 0 Å². The average molecular weight is 499 g/mol. The minimum atomic E-state index is -0.879. The first-order valence-corrected chi connectivity index (χ1v) is 14.1. The number of esters is 1. The quantitative estimate of drug-likeness (QED) is 0.253. The number of ether oxygens (including phenoxy) is 1. The molecule has 4 aliphatic carbocycles. The fraction of sp³-hybridized carbons (Fsp3) is 0.774. The van der Waals surface area contributed by atoms with Crippen LogP contribution in [0.25, 0.3) is 0 Å². The monoisotopic (exact) mass is 498 g/mol. The number of carboxylic acid groups (broad SMARTS) is 1. The zero-order valence-corrected chi connectivity index (χ0v) is 23.4. The minimum absolute atomic E-state index is 0.00491. The molecule has 0 aromatic carbocycles. The molecule has 1 N–H and O–H groups in total. The molecule has 0 aromatic heterocycles. The fourth-order valence-corrected chi connectivity index (χ4v) is 9.54. The van der Waals surface area contributed by atoms with Crippen molar-refractivity contribution in [2.24, 2.45) is 39.9 Å². The summed E-state index contributed by atoms with van der Waals surface area (Å²) in [6.45, 7) is 14.8. The van der Waals surface area contributed by atoms with E-state index in [1.165, 1.54) is 12.5 Å². The molecule has 5 nitrogen and oxygen atoms in total. The predicted molar refractivity (Wildman–Crippen MR) is 140 cm³/mol. The summed E-state index contributed by atoms with van der Waals surface area (Å²) in [5.41, 5.74) is 2.48. The molecule has 4 fully saturated rings. The topological polar surface area (TPSA) is 80.7 Å². The second-order valence-corrected chi connectivity index (χ2v) is 13.3. The number of rotatable bonds is 5. The summed E-state index contributed by atoms with van der Waals surface area (Å²) in [7, 11) is 0. The second-order valence-electron chi connectivity index (χ2n) is 13.3. The number of carbonyl (C=O) groups excluding carboxylic acids is 2. The molecule has 0 aliphatic heterocycles. The van der Waals surface area contributed by atoms with Gasteiger partial charge in [0, 0.05) is 24.8 Å². The highest BCUT2D eigenvalue weighted by atomic mass is 16.5. The number of Topliss-reactive ketones (excluding diaryl/α,β-unsaturated/α-hetero) is 1. The van der Waals surface area contributed by atoms with Crippen LogP contribution in [0.2, 0.25) is 0 Å². The number of ketones is 1. The lowest BCUT2D eigenvalue weighted by Crippen LogP contribution is -2.61. The summed E-state index contributed by atoms with van der Waals surface area (Å²) in [6.07, 6.45) is 9.13. The Morgan fingerprint density at radius 3 is 2.36 bits per heavy atom. The molecule has 0 amide bonds. The van der Waals surface area contributed by atoms with Crippen molar-refractivity contribution < 1.29 is 24.2 Å². The Hall–Kier alpha value is -1.91. The summed E-state index contributed by atoms with van der Waals surface area (Å²) in [5, 5.41) is 10.3. The maximum absolute atomic E-state index is 12.6. The number of carbonyl (C=O) groups is 3. The number of hydrogen-bond acceptors (Lipinski definition) is 4. The molecule has 0 radical (unpaired) electrons. The second kappa shape index (κ2) is 9.44. The zero-order valence-electron chi connectivity index (χ0n) is 23.4. The number of aliphatic carboxylic acids is 1. The van der Waals surface area contributed by atoms with Crippen LogP contribution in [0.3, 0.4) is 0 Å². The van der Waals surface area contributed by atoms with Gasteiger partial charge in [-0.2, -0.15) is 0 Å². The number of hydrogen-bond donors (Lipinski definition) is 1. The van der Waals surface area contributed by atoms with Gasteiger partial charge in [-0.15, -0.1) is 0 Å². The first kappa shape index (κ1) is 27.1. The number of allylic oxidation sites excluding steroid dienone is 2. The highest BCUT2D eigenvalue weighted by Crippen LogP contribution is 2.74. The smallest absolute Gasteiger partial charge is 0.331 e. The van der Waals surface area contributed by atoms with E-state index in [1.807, 2.05) is 13.8 Å². The molecule has 8 atom stereocenters. The van der Waals surface area contributed by atoms with E-state index < -0.39 is 12.1 Å². The summed E-state index contributed by atoms with van der Waals surface area (Å²) in [6, 6.07) is 0. The van der Waals surface area contributed by atoms with Gasteiger partial charge in [0.15, 0.2) is 0 Å². The van der Waals surface area contributed by atoms with Gasteiger partial charge in [0.1, 0.15) is 11.9 Å². The van der Waals surface area contributed by atoms with Gasteiger partial charge in [-0.25, -0.2) is 4.79 Å². The van der Waals surface area contributed by atoms with Crippen molar-refractivity contribution >= 4 is 17.7 Å². The van der Waals surface area contributed by atoms with Crippen molar-refractivity contribution in [3.63, 3.8) is 0 Å². The fourth-order valence-electron chi connectivity index (χ4n) is 9.54. The van der Waals surface area contributed by atoms with E-state index in [0.717, 1.165) is 37.7 Å². The average Bonchev–Trinajstić information content (AvgIpc) is 3.05. The lowest BCUT2D eigenvalue weighted by molar-refractivity contribution is -0.187. The molecule has 6 unspecified atom stereocenters. The third-order valence-electron chi connectivity index (χ3n) is 11.4. The molecule has 0 spiro atoms. The normalized spacial score (nSPS) is 43.1. The Labute approximate surface area is 217 Å². The van der Waals surface area contributed by atoms with Crippen molar-refractivity contribution in [2.75, 3.05) is 0 Å². The molecular weight excluding hydrogens is 452 g/mol. The van der Waals surface area contributed by atoms with E-state index in [4.69, 9.17) is 4.74 Å². The van der Waals surface area contributed by atoms with Gasteiger partial charge in [-0.3, -0.25) is 9.59 Å². The number of carboxylic acids is 1. The van der Waals surface area contributed by atoms with Gasteiger partial charge in [0.2, 0.25) is 0 Å². The van der Waals surface area contributed by atoms with Crippen LogP contribution < -0.4 is 0 Å². The number of fused-ring (bicyclic) bond motifs is 5. The maximum atomic E-state index is 12.6. The summed E-state index contributed by atoms with van der Waals surface area (Å²) < 4.78 is 5.91. The molecule has 0 bridgehead atoms. The molecular formula is C31H46O5. The van der Waals surface area contributed by atoms with Crippen LogP contribution in [-0.2, 0) is 19.1 Å². The Morgan fingerprint density at radius 2 is 1.75 bits per heavy atom. The molecule has 4 aliphatic rings. The Balaban J connectivity index is 1.78. The molecule has 4 rings (SSSR count). The van der Waals surface area contributed by atoms with E-state index in [-0.39, 0.29) is 34.1 Å². The van der Waals surface area contributed by atoms with Crippen molar-refractivity contribution in [1.29, 1.82) is 0 Å². The van der Waals surface area contributed by atoms with Crippen molar-refractivity contribution in [3.8, 4) is 0 Å². The summed E-state index contributed by atoms with van der Waals surface area (Å²) in [5.74, 6) is 0.337. The molecule has 0 saturated heterocycles. The van der Waals surface area contributed by atoms with Crippen LogP contribution in [-0.4, -0.2) is 28.9 Å². The maximum Gasteiger partial charge on any atom is 0.331 e. The van der Waals surface area contributed by atoms with E-state index in [0.29, 0.717) is 48.9 Å². The third kappa shape index (κ3) is 4.09. The van der Waals surface area contributed by atoms with E-state index in [2.05, 4.69) is 33.8 Å². The predicted octanol–water partition coefficient (Wildman–Crippen LogP) is 6.90. The van der Waals surface area contributed by atoms with Gasteiger partial charge in [-0.05, 0) is 105 Å². The van der Waals surface area contributed by atoms with Crippen molar-refractivity contribution in [1.82, 2.24) is 0 Å². The molecule has 5 heteroatoms. The Kier molecular flexibility index (Phi) is 7.11. The molecule has 200 valence electrons. The Morgan fingerprint density at radius 1 is 1.06 bits per heavy atom. The lowest BCUT2D eigenvalue weighted by Gasteiger charge is -2.67. The van der Waals surface area contributed by atoms with Gasteiger partial charge in [-0.1, -0.05) is 39.3 Å². The van der Waals surface area contributed by atoms with Gasteiger partial charge in [0.05, 0.1) is 0 Å². The highest BCUT2D eigenvalue weighted by molar-refractivity contribution is 5.88. The van der Waals surface area contributed by atoms with Crippen LogP contribution in [0.15, 0.2) is 22.8 Å². The highest BCUT2D eigenvalue weighted by Gasteiger charge is 2.68. The van der Waals surface area contributed by atoms with E-state index in [1.54, 1.807) is 0 Å². The van der Waals surface area contributed by atoms with Crippen LogP contribution in [0, 0.1) is 39.9 Å². The van der Waals surface area contributed by atoms with E-state index in [9.17, 15) is 19.5 Å².